The Morgan fingerprint density at radius 2 is 1.73 bits per heavy atom. The highest BCUT2D eigenvalue weighted by atomic mass is 16.6. The molecular formula is C20H28N2O4. The van der Waals surface area contributed by atoms with Gasteiger partial charge < -0.3 is 20.1 Å². The summed E-state index contributed by atoms with van der Waals surface area (Å²) in [7, 11) is 0. The minimum Gasteiger partial charge on any atom is -0.486 e. The van der Waals surface area contributed by atoms with Gasteiger partial charge in [0.2, 0.25) is 11.8 Å². The van der Waals surface area contributed by atoms with Crippen LogP contribution in [-0.4, -0.2) is 31.6 Å². The number of ether oxygens (including phenoxy) is 2. The van der Waals surface area contributed by atoms with Crippen molar-refractivity contribution in [2.75, 3.05) is 19.8 Å². The number of carbonyl (C=O) groups is 2. The second kappa shape index (κ2) is 7.17. The maximum Gasteiger partial charge on any atom is 0.240 e. The standard InChI is InChI=1S/C20H28N2O4/c1-19(2,3)18(24)21-13-17(23)22-20(8-4-5-9-20)14-6-7-15-16(12-14)26-11-10-25-15/h6-7,12H,4-5,8-11,13H2,1-3H3,(H,21,24)(H,22,23). The molecule has 1 aromatic rings. The molecule has 26 heavy (non-hydrogen) atoms. The molecule has 0 bridgehead atoms. The summed E-state index contributed by atoms with van der Waals surface area (Å²) in [5.74, 6) is 1.18. The van der Waals surface area contributed by atoms with Crippen LogP contribution >= 0.6 is 0 Å². The average Bonchev–Trinajstić information content (AvgIpc) is 3.08. The minimum atomic E-state index is -0.513. The van der Waals surface area contributed by atoms with Crippen molar-refractivity contribution in [3.63, 3.8) is 0 Å². The molecule has 3 rings (SSSR count). The van der Waals surface area contributed by atoms with Gasteiger partial charge in [-0.15, -0.1) is 0 Å². The highest BCUT2D eigenvalue weighted by Gasteiger charge is 2.38. The number of amides is 2. The topological polar surface area (TPSA) is 76.7 Å². The van der Waals surface area contributed by atoms with Crippen LogP contribution in [0, 0.1) is 5.41 Å². The predicted molar refractivity (Wildman–Crippen MR) is 98.2 cm³/mol. The zero-order chi connectivity index (χ0) is 18.8. The summed E-state index contributed by atoms with van der Waals surface area (Å²) in [6.07, 6.45) is 3.88. The van der Waals surface area contributed by atoms with Gasteiger partial charge in [0, 0.05) is 5.41 Å². The lowest BCUT2D eigenvalue weighted by atomic mass is 9.87. The van der Waals surface area contributed by atoms with Crippen LogP contribution in [0.3, 0.4) is 0 Å². The highest BCUT2D eigenvalue weighted by Crippen LogP contribution is 2.42. The molecular weight excluding hydrogens is 332 g/mol. The van der Waals surface area contributed by atoms with E-state index >= 15 is 0 Å². The van der Waals surface area contributed by atoms with Crippen molar-refractivity contribution in [2.24, 2.45) is 5.41 Å². The fraction of sp³-hybridized carbons (Fsp3) is 0.600. The van der Waals surface area contributed by atoms with E-state index in [1.807, 2.05) is 39.0 Å². The Morgan fingerprint density at radius 1 is 1.08 bits per heavy atom. The Morgan fingerprint density at radius 3 is 2.38 bits per heavy atom. The molecule has 6 nitrogen and oxygen atoms in total. The second-order valence-electron chi connectivity index (χ2n) is 8.13. The van der Waals surface area contributed by atoms with Gasteiger partial charge in [0.1, 0.15) is 13.2 Å². The van der Waals surface area contributed by atoms with Crippen molar-refractivity contribution in [3.8, 4) is 11.5 Å². The van der Waals surface area contributed by atoms with Crippen LogP contribution in [-0.2, 0) is 15.1 Å². The first-order valence-electron chi connectivity index (χ1n) is 9.30. The zero-order valence-corrected chi connectivity index (χ0v) is 15.8. The van der Waals surface area contributed by atoms with Gasteiger partial charge >= 0.3 is 0 Å². The van der Waals surface area contributed by atoms with E-state index in [1.54, 1.807) is 0 Å². The lowest BCUT2D eigenvalue weighted by molar-refractivity contribution is -0.131. The molecule has 0 spiro atoms. The van der Waals surface area contributed by atoms with Crippen LogP contribution in [0.2, 0.25) is 0 Å². The normalized spacial score (nSPS) is 18.3. The van der Waals surface area contributed by atoms with Crippen LogP contribution in [0.15, 0.2) is 18.2 Å². The van der Waals surface area contributed by atoms with Crippen molar-refractivity contribution in [2.45, 2.75) is 52.0 Å². The van der Waals surface area contributed by atoms with Crippen molar-refractivity contribution in [1.82, 2.24) is 10.6 Å². The number of benzene rings is 1. The molecule has 0 aromatic heterocycles. The fourth-order valence-corrected chi connectivity index (χ4v) is 3.54. The third-order valence-corrected chi connectivity index (χ3v) is 5.02. The lowest BCUT2D eigenvalue weighted by Crippen LogP contribution is -2.49. The van der Waals surface area contributed by atoms with E-state index in [9.17, 15) is 9.59 Å². The summed E-state index contributed by atoms with van der Waals surface area (Å²) in [4.78, 5) is 24.5. The number of nitrogens with one attached hydrogen (secondary N) is 2. The predicted octanol–water partition coefficient (Wildman–Crippen LogP) is 2.51. The SMILES string of the molecule is CC(C)(C)C(=O)NCC(=O)NC1(c2ccc3c(c2)OCCO3)CCCC1. The number of hydrogen-bond donors (Lipinski definition) is 2. The van der Waals surface area contributed by atoms with Gasteiger partial charge in [0.25, 0.3) is 0 Å². The van der Waals surface area contributed by atoms with Gasteiger partial charge in [-0.2, -0.15) is 0 Å². The molecule has 0 unspecified atom stereocenters. The summed E-state index contributed by atoms with van der Waals surface area (Å²) >= 11 is 0. The first-order chi connectivity index (χ1) is 12.3. The molecule has 2 amide bonds. The molecule has 2 aliphatic rings. The van der Waals surface area contributed by atoms with E-state index in [4.69, 9.17) is 9.47 Å². The number of hydrogen-bond acceptors (Lipinski definition) is 4. The van der Waals surface area contributed by atoms with Gasteiger partial charge in [-0.05, 0) is 30.5 Å². The average molecular weight is 360 g/mol. The van der Waals surface area contributed by atoms with Gasteiger partial charge in [0.15, 0.2) is 11.5 Å². The quantitative estimate of drug-likeness (QED) is 0.865. The maximum atomic E-state index is 12.5. The molecule has 0 atom stereocenters. The smallest absolute Gasteiger partial charge is 0.240 e. The third-order valence-electron chi connectivity index (χ3n) is 5.02. The molecule has 1 aliphatic heterocycles. The van der Waals surface area contributed by atoms with Crippen molar-refractivity contribution in [1.29, 1.82) is 0 Å². The van der Waals surface area contributed by atoms with Crippen LogP contribution in [0.4, 0.5) is 0 Å². The van der Waals surface area contributed by atoms with Crippen molar-refractivity contribution >= 4 is 11.8 Å². The van der Waals surface area contributed by atoms with Gasteiger partial charge in [-0.1, -0.05) is 39.7 Å². The molecule has 1 aliphatic carbocycles. The number of carbonyl (C=O) groups excluding carboxylic acids is 2. The highest BCUT2D eigenvalue weighted by molar-refractivity contribution is 5.87. The van der Waals surface area contributed by atoms with E-state index in [0.717, 1.165) is 42.7 Å². The Labute approximate surface area is 154 Å². The zero-order valence-electron chi connectivity index (χ0n) is 15.8. The molecule has 1 fully saturated rings. The van der Waals surface area contributed by atoms with Crippen LogP contribution < -0.4 is 20.1 Å². The van der Waals surface area contributed by atoms with E-state index in [1.165, 1.54) is 0 Å². The first kappa shape index (κ1) is 18.5. The number of fused-ring (bicyclic) bond motifs is 1. The summed E-state index contributed by atoms with van der Waals surface area (Å²) in [5, 5.41) is 5.89. The fourth-order valence-electron chi connectivity index (χ4n) is 3.54. The van der Waals surface area contributed by atoms with E-state index in [2.05, 4.69) is 10.6 Å². The van der Waals surface area contributed by atoms with E-state index in [-0.39, 0.29) is 18.4 Å². The van der Waals surface area contributed by atoms with Gasteiger partial charge in [0.05, 0.1) is 12.1 Å². The largest absolute Gasteiger partial charge is 0.486 e. The summed E-state index contributed by atoms with van der Waals surface area (Å²) < 4.78 is 11.3. The lowest BCUT2D eigenvalue weighted by Gasteiger charge is -2.32. The minimum absolute atomic E-state index is 0.0115. The Balaban J connectivity index is 1.72. The molecule has 1 heterocycles. The second-order valence-corrected chi connectivity index (χ2v) is 8.13. The molecule has 0 saturated heterocycles. The third kappa shape index (κ3) is 3.94. The number of rotatable bonds is 4. The molecule has 1 aromatic carbocycles. The summed E-state index contributed by atoms with van der Waals surface area (Å²) in [6, 6.07) is 5.90. The monoisotopic (exact) mass is 360 g/mol. The molecule has 0 radical (unpaired) electrons. The van der Waals surface area contributed by atoms with E-state index < -0.39 is 11.0 Å². The molecule has 6 heteroatoms. The summed E-state index contributed by atoms with van der Waals surface area (Å²) in [5.41, 5.74) is 0.121. The van der Waals surface area contributed by atoms with Gasteiger partial charge in [-0.3, -0.25) is 9.59 Å². The molecule has 2 N–H and O–H groups in total. The summed E-state index contributed by atoms with van der Waals surface area (Å²) in [6.45, 7) is 6.56. The van der Waals surface area contributed by atoms with Crippen molar-refractivity contribution < 1.29 is 19.1 Å². The Kier molecular flexibility index (Phi) is 5.12. The van der Waals surface area contributed by atoms with E-state index in [0.29, 0.717) is 13.2 Å². The van der Waals surface area contributed by atoms with Crippen LogP contribution in [0.1, 0.15) is 52.0 Å². The molecule has 142 valence electrons. The van der Waals surface area contributed by atoms with Crippen LogP contribution in [0.25, 0.3) is 0 Å². The van der Waals surface area contributed by atoms with Crippen LogP contribution in [0.5, 0.6) is 11.5 Å². The Hall–Kier alpha value is -2.24. The first-order valence-corrected chi connectivity index (χ1v) is 9.30. The maximum absolute atomic E-state index is 12.5. The van der Waals surface area contributed by atoms with Crippen molar-refractivity contribution in [3.05, 3.63) is 23.8 Å². The van der Waals surface area contributed by atoms with Gasteiger partial charge in [-0.25, -0.2) is 0 Å². The molecule has 1 saturated carbocycles. The Bertz CT molecular complexity index is 688.